The third kappa shape index (κ3) is 3.43. The molecular formula is C10H11ClN2O3. The van der Waals surface area contributed by atoms with Crippen LogP contribution in [-0.4, -0.2) is 17.9 Å². The van der Waals surface area contributed by atoms with E-state index in [9.17, 15) is 9.59 Å². The molecule has 0 aromatic heterocycles. The van der Waals surface area contributed by atoms with Crippen LogP contribution in [0, 0.1) is 6.92 Å². The number of hydrogen-bond acceptors (Lipinski definition) is 3. The lowest BCUT2D eigenvalue weighted by molar-refractivity contribution is -0.131. The largest absolute Gasteiger partial charge is 0.423 e. The number of nitrogens with two attached hydrogens (primary N) is 1. The number of alkyl halides is 1. The Morgan fingerprint density at radius 2 is 2.19 bits per heavy atom. The number of rotatable bonds is 3. The average molecular weight is 243 g/mol. The normalized spacial score (nSPS) is 9.62. The highest BCUT2D eigenvalue weighted by Crippen LogP contribution is 2.25. The summed E-state index contributed by atoms with van der Waals surface area (Å²) in [6.45, 7) is 1.83. The van der Waals surface area contributed by atoms with Crippen molar-refractivity contribution in [1.29, 1.82) is 0 Å². The van der Waals surface area contributed by atoms with Crippen molar-refractivity contribution in [3.63, 3.8) is 0 Å². The predicted molar refractivity (Wildman–Crippen MR) is 60.7 cm³/mol. The van der Waals surface area contributed by atoms with Crippen LogP contribution in [-0.2, 0) is 4.79 Å². The minimum Gasteiger partial charge on any atom is -0.423 e. The van der Waals surface area contributed by atoms with Crippen LogP contribution in [0.1, 0.15) is 5.56 Å². The van der Waals surface area contributed by atoms with E-state index in [1.807, 2.05) is 6.92 Å². The van der Waals surface area contributed by atoms with Crippen LogP contribution in [0.5, 0.6) is 5.75 Å². The molecule has 1 aromatic rings. The van der Waals surface area contributed by atoms with Crippen molar-refractivity contribution in [3.05, 3.63) is 23.8 Å². The van der Waals surface area contributed by atoms with E-state index in [1.165, 1.54) is 0 Å². The molecule has 0 saturated carbocycles. The quantitative estimate of drug-likeness (QED) is 0.480. The molecule has 16 heavy (non-hydrogen) atoms. The molecule has 0 heterocycles. The zero-order valence-corrected chi connectivity index (χ0v) is 9.38. The lowest BCUT2D eigenvalue weighted by atomic mass is 10.2. The highest BCUT2D eigenvalue weighted by atomic mass is 35.5. The number of ether oxygens (including phenoxy) is 1. The molecule has 3 N–H and O–H groups in total. The second kappa shape index (κ2) is 5.37. The summed E-state index contributed by atoms with van der Waals surface area (Å²) in [5.74, 6) is -0.631. The first-order valence-corrected chi connectivity index (χ1v) is 5.00. The highest BCUT2D eigenvalue weighted by Gasteiger charge is 2.09. The van der Waals surface area contributed by atoms with Gasteiger partial charge in [-0.05, 0) is 24.6 Å². The minimum absolute atomic E-state index is 0.226. The van der Waals surface area contributed by atoms with Gasteiger partial charge in [0.2, 0.25) is 0 Å². The molecule has 0 unspecified atom stereocenters. The lowest BCUT2D eigenvalue weighted by Crippen LogP contribution is -2.20. The summed E-state index contributed by atoms with van der Waals surface area (Å²) >= 11 is 5.31. The second-order valence-corrected chi connectivity index (χ2v) is 3.36. The lowest BCUT2D eigenvalue weighted by Gasteiger charge is -2.10. The van der Waals surface area contributed by atoms with Crippen molar-refractivity contribution in [2.45, 2.75) is 6.92 Å². The Morgan fingerprint density at radius 1 is 1.50 bits per heavy atom. The van der Waals surface area contributed by atoms with Crippen LogP contribution in [0.25, 0.3) is 0 Å². The van der Waals surface area contributed by atoms with Gasteiger partial charge in [-0.3, -0.25) is 4.79 Å². The van der Waals surface area contributed by atoms with Crippen LogP contribution >= 0.6 is 11.6 Å². The van der Waals surface area contributed by atoms with Crippen LogP contribution in [0.15, 0.2) is 18.2 Å². The Kier molecular flexibility index (Phi) is 4.13. The first kappa shape index (κ1) is 12.3. The van der Waals surface area contributed by atoms with Crippen LogP contribution in [0.4, 0.5) is 10.5 Å². The van der Waals surface area contributed by atoms with Gasteiger partial charge in [-0.2, -0.15) is 0 Å². The second-order valence-electron chi connectivity index (χ2n) is 3.10. The molecule has 0 radical (unpaired) electrons. The molecule has 2 amide bonds. The standard InChI is InChI=1S/C10H11ClN2O3/c1-6-2-3-7(13-10(12)15)8(4-6)16-9(14)5-11/h2-4H,5H2,1H3,(H3,12,13,15). The average Bonchev–Trinajstić information content (AvgIpc) is 2.21. The number of benzene rings is 1. The molecule has 0 bridgehead atoms. The number of halogens is 1. The maximum Gasteiger partial charge on any atom is 0.326 e. The fourth-order valence-electron chi connectivity index (χ4n) is 1.10. The highest BCUT2D eigenvalue weighted by molar-refractivity contribution is 6.26. The van der Waals surface area contributed by atoms with Gasteiger partial charge in [0, 0.05) is 0 Å². The molecule has 0 atom stereocenters. The number of urea groups is 1. The van der Waals surface area contributed by atoms with Gasteiger partial charge in [-0.15, -0.1) is 11.6 Å². The van der Waals surface area contributed by atoms with E-state index >= 15 is 0 Å². The van der Waals surface area contributed by atoms with Crippen LogP contribution < -0.4 is 15.8 Å². The monoisotopic (exact) mass is 242 g/mol. The van der Waals surface area contributed by atoms with Gasteiger partial charge in [0.25, 0.3) is 0 Å². The topological polar surface area (TPSA) is 81.4 Å². The number of amides is 2. The number of carbonyl (C=O) groups is 2. The van der Waals surface area contributed by atoms with E-state index in [1.54, 1.807) is 18.2 Å². The fourth-order valence-corrected chi connectivity index (χ4v) is 1.15. The molecule has 6 heteroatoms. The zero-order valence-electron chi connectivity index (χ0n) is 8.62. The van der Waals surface area contributed by atoms with Gasteiger partial charge >= 0.3 is 12.0 Å². The summed E-state index contributed by atoms with van der Waals surface area (Å²) in [6, 6.07) is 4.22. The van der Waals surface area contributed by atoms with Gasteiger partial charge in [0.05, 0.1) is 5.69 Å². The third-order valence-electron chi connectivity index (χ3n) is 1.73. The van der Waals surface area contributed by atoms with Crippen molar-refractivity contribution in [1.82, 2.24) is 0 Å². The summed E-state index contributed by atoms with van der Waals surface area (Å²) in [6.07, 6.45) is 0. The van der Waals surface area contributed by atoms with Gasteiger partial charge < -0.3 is 15.8 Å². The Morgan fingerprint density at radius 3 is 2.75 bits per heavy atom. The Balaban J connectivity index is 2.98. The molecule has 5 nitrogen and oxygen atoms in total. The Hall–Kier alpha value is -1.75. The van der Waals surface area contributed by atoms with Crippen molar-refractivity contribution in [3.8, 4) is 5.75 Å². The van der Waals surface area contributed by atoms with Gasteiger partial charge in [-0.25, -0.2) is 4.79 Å². The smallest absolute Gasteiger partial charge is 0.326 e. The molecule has 86 valence electrons. The SMILES string of the molecule is Cc1ccc(NC(N)=O)c(OC(=O)CCl)c1. The van der Waals surface area contributed by atoms with E-state index in [0.29, 0.717) is 5.69 Å². The summed E-state index contributed by atoms with van der Waals surface area (Å²) in [5.41, 5.74) is 6.19. The van der Waals surface area contributed by atoms with Crippen molar-refractivity contribution < 1.29 is 14.3 Å². The van der Waals surface area contributed by atoms with E-state index in [-0.39, 0.29) is 11.6 Å². The fraction of sp³-hybridized carbons (Fsp3) is 0.200. The maximum atomic E-state index is 11.0. The molecule has 0 aliphatic rings. The van der Waals surface area contributed by atoms with Crippen LogP contribution in [0.3, 0.4) is 0 Å². The van der Waals surface area contributed by atoms with Gasteiger partial charge in [0.15, 0.2) is 5.75 Å². The summed E-state index contributed by atoms with van der Waals surface area (Å²) in [4.78, 5) is 21.7. The summed E-state index contributed by atoms with van der Waals surface area (Å²) in [5, 5.41) is 2.35. The van der Waals surface area contributed by atoms with Gasteiger partial charge in [0.1, 0.15) is 5.88 Å². The van der Waals surface area contributed by atoms with Crippen molar-refractivity contribution in [2.24, 2.45) is 5.73 Å². The van der Waals surface area contributed by atoms with E-state index in [2.05, 4.69) is 5.32 Å². The molecule has 0 spiro atoms. The first-order chi connectivity index (χ1) is 7.52. The van der Waals surface area contributed by atoms with E-state index in [4.69, 9.17) is 22.1 Å². The van der Waals surface area contributed by atoms with E-state index in [0.717, 1.165) is 5.56 Å². The number of anilines is 1. The number of esters is 1. The predicted octanol–water partition coefficient (Wildman–Crippen LogP) is 1.63. The van der Waals surface area contributed by atoms with Crippen molar-refractivity contribution >= 4 is 29.3 Å². The summed E-state index contributed by atoms with van der Waals surface area (Å²) < 4.78 is 4.94. The van der Waals surface area contributed by atoms with E-state index < -0.39 is 12.0 Å². The Bertz CT molecular complexity index is 421. The van der Waals surface area contributed by atoms with Gasteiger partial charge in [-0.1, -0.05) is 6.07 Å². The van der Waals surface area contributed by atoms with Crippen LogP contribution in [0.2, 0.25) is 0 Å². The zero-order chi connectivity index (χ0) is 12.1. The molecule has 0 saturated heterocycles. The maximum absolute atomic E-state index is 11.0. The molecule has 0 aliphatic heterocycles. The molecule has 1 rings (SSSR count). The minimum atomic E-state index is -0.730. The number of aryl methyl sites for hydroxylation is 1. The first-order valence-electron chi connectivity index (χ1n) is 4.46. The molecule has 0 fully saturated rings. The number of primary amides is 1. The number of hydrogen-bond donors (Lipinski definition) is 2. The number of nitrogens with one attached hydrogen (secondary N) is 1. The molecule has 1 aromatic carbocycles. The summed E-state index contributed by atoms with van der Waals surface area (Å²) in [7, 11) is 0. The molecule has 0 aliphatic carbocycles. The molecular weight excluding hydrogens is 232 g/mol. The Labute approximate surface area is 97.5 Å². The number of carbonyl (C=O) groups excluding carboxylic acids is 2. The third-order valence-corrected chi connectivity index (χ3v) is 1.95. The van der Waals surface area contributed by atoms with Crippen molar-refractivity contribution in [2.75, 3.05) is 11.2 Å².